The number of amides is 1. The van der Waals surface area contributed by atoms with Crippen LogP contribution >= 0.6 is 0 Å². The number of fused-ring (bicyclic) bond motifs is 1. The van der Waals surface area contributed by atoms with Crippen molar-refractivity contribution in [1.82, 2.24) is 10.4 Å². The van der Waals surface area contributed by atoms with Crippen molar-refractivity contribution < 1.29 is 9.90 Å². The number of aromatic amines is 1. The number of aliphatic hydroxyl groups is 1. The molecule has 0 bridgehead atoms. The van der Waals surface area contributed by atoms with Crippen molar-refractivity contribution in [3.8, 4) is 0 Å². The van der Waals surface area contributed by atoms with Gasteiger partial charge in [-0.15, -0.1) is 0 Å². The minimum Gasteiger partial charge on any atom is -0.372 e. The second-order valence-electron chi connectivity index (χ2n) is 7.27. The van der Waals surface area contributed by atoms with Gasteiger partial charge in [0.15, 0.2) is 5.60 Å². The topological polar surface area (TPSA) is 77.5 Å². The van der Waals surface area contributed by atoms with E-state index in [-0.39, 0.29) is 0 Å². The van der Waals surface area contributed by atoms with Crippen LogP contribution in [0.25, 0.3) is 10.9 Å². The molecular formula is C25H23N3O2. The Morgan fingerprint density at radius 3 is 2.13 bits per heavy atom. The van der Waals surface area contributed by atoms with Crippen LogP contribution in [0.15, 0.2) is 96.2 Å². The molecule has 0 fully saturated rings. The molecule has 0 atom stereocenters. The van der Waals surface area contributed by atoms with Crippen molar-refractivity contribution in [3.63, 3.8) is 0 Å². The Kier molecular flexibility index (Phi) is 5.46. The molecule has 0 spiro atoms. The molecule has 150 valence electrons. The van der Waals surface area contributed by atoms with Gasteiger partial charge < -0.3 is 10.1 Å². The number of carbonyl (C=O) groups is 1. The monoisotopic (exact) mass is 397 g/mol. The quantitative estimate of drug-likeness (QED) is 0.338. The second kappa shape index (κ2) is 8.35. The summed E-state index contributed by atoms with van der Waals surface area (Å²) in [6.07, 6.45) is 2.54. The first kappa shape index (κ1) is 19.6. The minimum atomic E-state index is -1.84. The first-order valence-electron chi connectivity index (χ1n) is 9.81. The number of nitrogens with zero attached hydrogens (tertiary/aromatic N) is 1. The van der Waals surface area contributed by atoms with Crippen LogP contribution in [0.5, 0.6) is 0 Å². The van der Waals surface area contributed by atoms with Gasteiger partial charge in [-0.25, -0.2) is 5.43 Å². The molecule has 1 aromatic heterocycles. The van der Waals surface area contributed by atoms with Crippen molar-refractivity contribution >= 4 is 22.5 Å². The van der Waals surface area contributed by atoms with Crippen LogP contribution in [-0.4, -0.2) is 21.7 Å². The molecule has 5 nitrogen and oxygen atoms in total. The van der Waals surface area contributed by atoms with Gasteiger partial charge >= 0.3 is 0 Å². The van der Waals surface area contributed by atoms with Crippen LogP contribution in [-0.2, 0) is 16.8 Å². The lowest BCUT2D eigenvalue weighted by Crippen LogP contribution is -2.43. The summed E-state index contributed by atoms with van der Waals surface area (Å²) in [5.74, 6) is -0.599. The Balaban J connectivity index is 1.58. The summed E-state index contributed by atoms with van der Waals surface area (Å²) < 4.78 is 0. The first-order chi connectivity index (χ1) is 14.6. The number of aromatic nitrogens is 1. The Morgan fingerprint density at radius 2 is 1.50 bits per heavy atom. The third kappa shape index (κ3) is 3.75. The number of benzene rings is 3. The van der Waals surface area contributed by atoms with Crippen molar-refractivity contribution in [3.05, 3.63) is 108 Å². The Labute approximate surface area is 175 Å². The zero-order chi connectivity index (χ0) is 21.0. The summed E-state index contributed by atoms with van der Waals surface area (Å²) in [5, 5.41) is 16.8. The molecule has 4 rings (SSSR count). The van der Waals surface area contributed by atoms with Crippen LogP contribution < -0.4 is 5.43 Å². The molecule has 1 heterocycles. The van der Waals surface area contributed by atoms with Gasteiger partial charge in [-0.3, -0.25) is 4.79 Å². The lowest BCUT2D eigenvalue weighted by atomic mass is 9.85. The standard InChI is InChI=1S/C25H23N3O2/c1-18(16-19-17-26-23-15-9-8-14-22(19)23)27-28-24(29)25(30,20-10-4-2-5-11-20)21-12-6-3-7-13-21/h2-15,17,26,30H,16H2,1H3,(H,28,29)/b27-18+. The van der Waals surface area contributed by atoms with E-state index in [1.165, 1.54) is 0 Å². The fraction of sp³-hybridized carbons (Fsp3) is 0.120. The van der Waals surface area contributed by atoms with Crippen molar-refractivity contribution in [2.24, 2.45) is 5.10 Å². The summed E-state index contributed by atoms with van der Waals surface area (Å²) in [7, 11) is 0. The molecule has 0 saturated carbocycles. The van der Waals surface area contributed by atoms with E-state index in [1.807, 2.05) is 43.5 Å². The second-order valence-corrected chi connectivity index (χ2v) is 7.27. The maximum Gasteiger partial charge on any atom is 0.281 e. The van der Waals surface area contributed by atoms with E-state index >= 15 is 0 Å². The average molecular weight is 397 g/mol. The Hall–Kier alpha value is -3.70. The molecule has 0 aliphatic carbocycles. The SMILES string of the molecule is C/C(Cc1c[nH]c2ccccc12)=N\NC(=O)C(O)(c1ccccc1)c1ccccc1. The van der Waals surface area contributed by atoms with Gasteiger partial charge in [-0.1, -0.05) is 78.9 Å². The van der Waals surface area contributed by atoms with Crippen LogP contribution in [0.4, 0.5) is 0 Å². The maximum atomic E-state index is 13.1. The van der Waals surface area contributed by atoms with Gasteiger partial charge in [0, 0.05) is 29.2 Å². The lowest BCUT2D eigenvalue weighted by Gasteiger charge is -2.27. The van der Waals surface area contributed by atoms with Crippen LogP contribution in [0.3, 0.4) is 0 Å². The van der Waals surface area contributed by atoms with E-state index in [0.29, 0.717) is 17.5 Å². The molecule has 3 N–H and O–H groups in total. The molecule has 0 saturated heterocycles. The zero-order valence-corrected chi connectivity index (χ0v) is 16.7. The fourth-order valence-corrected chi connectivity index (χ4v) is 3.61. The number of hydrogen-bond acceptors (Lipinski definition) is 3. The predicted molar refractivity (Wildman–Crippen MR) is 119 cm³/mol. The third-order valence-corrected chi connectivity index (χ3v) is 5.18. The van der Waals surface area contributed by atoms with Crippen LogP contribution in [0, 0.1) is 0 Å². The van der Waals surface area contributed by atoms with Crippen LogP contribution in [0.2, 0.25) is 0 Å². The number of H-pyrrole nitrogens is 1. The maximum absolute atomic E-state index is 13.1. The molecule has 0 aliphatic rings. The third-order valence-electron chi connectivity index (χ3n) is 5.18. The normalized spacial score (nSPS) is 12.1. The van der Waals surface area contributed by atoms with E-state index in [9.17, 15) is 9.90 Å². The summed E-state index contributed by atoms with van der Waals surface area (Å²) in [6.45, 7) is 1.85. The molecule has 4 aromatic rings. The summed E-state index contributed by atoms with van der Waals surface area (Å²) >= 11 is 0. The number of rotatable bonds is 6. The highest BCUT2D eigenvalue weighted by Gasteiger charge is 2.39. The van der Waals surface area contributed by atoms with Gasteiger partial charge in [0.1, 0.15) is 0 Å². The molecule has 0 unspecified atom stereocenters. The van der Waals surface area contributed by atoms with Crippen molar-refractivity contribution in [2.45, 2.75) is 18.9 Å². The summed E-state index contributed by atoms with van der Waals surface area (Å²) in [5.41, 5.74) is 4.59. The highest BCUT2D eigenvalue weighted by atomic mass is 16.3. The molecule has 30 heavy (non-hydrogen) atoms. The molecule has 0 radical (unpaired) electrons. The van der Waals surface area contributed by atoms with E-state index < -0.39 is 11.5 Å². The molecule has 1 amide bonds. The molecule has 0 aliphatic heterocycles. The number of nitrogens with one attached hydrogen (secondary N) is 2. The largest absolute Gasteiger partial charge is 0.372 e. The van der Waals surface area contributed by atoms with Crippen LogP contribution in [0.1, 0.15) is 23.6 Å². The summed E-state index contributed by atoms with van der Waals surface area (Å²) in [6, 6.07) is 25.8. The number of carbonyl (C=O) groups excluding carboxylic acids is 1. The Morgan fingerprint density at radius 1 is 0.933 bits per heavy atom. The highest BCUT2D eigenvalue weighted by Crippen LogP contribution is 2.29. The van der Waals surface area contributed by atoms with Crippen molar-refractivity contribution in [2.75, 3.05) is 0 Å². The lowest BCUT2D eigenvalue weighted by molar-refractivity contribution is -0.136. The zero-order valence-electron chi connectivity index (χ0n) is 16.7. The van der Waals surface area contributed by atoms with Gasteiger partial charge in [-0.2, -0.15) is 5.10 Å². The van der Waals surface area contributed by atoms with E-state index in [4.69, 9.17) is 0 Å². The van der Waals surface area contributed by atoms with E-state index in [2.05, 4.69) is 21.6 Å². The molecule has 3 aromatic carbocycles. The number of hydrogen-bond donors (Lipinski definition) is 3. The smallest absolute Gasteiger partial charge is 0.281 e. The van der Waals surface area contributed by atoms with Gasteiger partial charge in [0.05, 0.1) is 0 Å². The van der Waals surface area contributed by atoms with Gasteiger partial charge in [0.25, 0.3) is 5.91 Å². The number of hydrazone groups is 1. The minimum absolute atomic E-state index is 0.484. The highest BCUT2D eigenvalue weighted by molar-refractivity contribution is 5.94. The van der Waals surface area contributed by atoms with Gasteiger partial charge in [-0.05, 0) is 29.7 Å². The molecular weight excluding hydrogens is 374 g/mol. The summed E-state index contributed by atoms with van der Waals surface area (Å²) in [4.78, 5) is 16.4. The predicted octanol–water partition coefficient (Wildman–Crippen LogP) is 4.14. The van der Waals surface area contributed by atoms with E-state index in [0.717, 1.165) is 22.2 Å². The molecule has 5 heteroatoms. The van der Waals surface area contributed by atoms with E-state index in [1.54, 1.807) is 48.5 Å². The Bertz CT molecular complexity index is 1140. The van der Waals surface area contributed by atoms with Gasteiger partial charge in [0.2, 0.25) is 0 Å². The number of para-hydroxylation sites is 1. The van der Waals surface area contributed by atoms with Crippen molar-refractivity contribution in [1.29, 1.82) is 0 Å². The fourth-order valence-electron chi connectivity index (χ4n) is 3.61. The first-order valence-corrected chi connectivity index (χ1v) is 9.81. The average Bonchev–Trinajstić information content (AvgIpc) is 3.21.